The lowest BCUT2D eigenvalue weighted by Gasteiger charge is -2.71. The minimum atomic E-state index is -4.61. The van der Waals surface area contributed by atoms with Crippen molar-refractivity contribution in [1.82, 2.24) is 4.90 Å². The molecule has 0 saturated heterocycles. The van der Waals surface area contributed by atoms with Gasteiger partial charge in [0, 0.05) is 53.3 Å². The van der Waals surface area contributed by atoms with E-state index in [-0.39, 0.29) is 57.7 Å². The summed E-state index contributed by atoms with van der Waals surface area (Å²) in [4.78, 5) is 30.8. The zero-order valence-electron chi connectivity index (χ0n) is 33.8. The van der Waals surface area contributed by atoms with Crippen LogP contribution in [-0.4, -0.2) is 72.5 Å². The number of allylic oxidation sites excluding steroid dienone is 4. The zero-order chi connectivity index (χ0) is 42.2. The number of alkyl halides is 3. The fraction of sp³-hybridized carbons (Fsp3) is 0.522. The van der Waals surface area contributed by atoms with E-state index >= 15 is 4.79 Å². The summed E-state index contributed by atoms with van der Waals surface area (Å²) >= 11 is 6.39. The molecule has 0 aliphatic heterocycles. The number of Topliss-reactive ketones (excluding diaryl/α,β-unsaturated/α-hetero) is 1. The molecule has 3 aromatic rings. The number of anilines is 1. The summed E-state index contributed by atoms with van der Waals surface area (Å²) in [5, 5.41) is 27.2. The largest absolute Gasteiger partial charge is 0.497 e. The van der Waals surface area contributed by atoms with Gasteiger partial charge in [0.1, 0.15) is 11.5 Å². The molecule has 1 aromatic heterocycles. The van der Waals surface area contributed by atoms with Crippen molar-refractivity contribution >= 4 is 29.1 Å². The number of nitrogens with zero attached hydrogens (tertiary/aromatic N) is 1. The number of rotatable bonds is 11. The predicted octanol–water partition coefficient (Wildman–Crippen LogP) is 9.97. The molecule has 3 N–H and O–H groups in total. The quantitative estimate of drug-likeness (QED) is 0.0999. The maximum absolute atomic E-state index is 15.1. The molecule has 9 nitrogen and oxygen atoms in total. The molecular formula is C46H52ClF3N2O7. The highest BCUT2D eigenvalue weighted by Crippen LogP contribution is 2.78. The lowest BCUT2D eigenvalue weighted by Crippen LogP contribution is -2.67. The second-order valence-corrected chi connectivity index (χ2v) is 18.3. The first-order chi connectivity index (χ1) is 27.9. The molecule has 3 saturated carbocycles. The lowest BCUT2D eigenvalue weighted by atomic mass is 9.32. The molecule has 2 bridgehead atoms. The molecule has 0 radical (unpaired) electrons. The number of benzene rings is 2. The van der Waals surface area contributed by atoms with Crippen molar-refractivity contribution in [2.24, 2.45) is 33.5 Å². The minimum absolute atomic E-state index is 0.0135. The Morgan fingerprint density at radius 1 is 0.966 bits per heavy atom. The highest BCUT2D eigenvalue weighted by Gasteiger charge is 2.74. The number of amides is 2. The van der Waals surface area contributed by atoms with Crippen LogP contribution in [0.2, 0.25) is 5.02 Å². The van der Waals surface area contributed by atoms with Gasteiger partial charge in [0.2, 0.25) is 5.78 Å². The summed E-state index contributed by atoms with van der Waals surface area (Å²) in [6.45, 7) is 5.22. The van der Waals surface area contributed by atoms with Crippen LogP contribution in [0.5, 0.6) is 5.75 Å². The summed E-state index contributed by atoms with van der Waals surface area (Å²) in [5.74, 6) is 0.0594. The molecule has 2 amide bonds. The summed E-state index contributed by atoms with van der Waals surface area (Å²) in [6, 6.07) is 12.7. The molecule has 13 heteroatoms. The van der Waals surface area contributed by atoms with Crippen LogP contribution in [0.15, 0.2) is 82.8 Å². The van der Waals surface area contributed by atoms with Crippen LogP contribution in [0.4, 0.5) is 23.7 Å². The Hall–Kier alpha value is -4.10. The van der Waals surface area contributed by atoms with E-state index in [1.54, 1.807) is 43.4 Å². The van der Waals surface area contributed by atoms with Crippen LogP contribution >= 0.6 is 11.6 Å². The third kappa shape index (κ3) is 6.55. The number of urea groups is 1. The summed E-state index contributed by atoms with van der Waals surface area (Å²) in [6.07, 6.45) is 6.02. The van der Waals surface area contributed by atoms with Crippen LogP contribution in [-0.2, 0) is 10.9 Å². The van der Waals surface area contributed by atoms with Gasteiger partial charge in [0.25, 0.3) is 0 Å². The smallest absolute Gasteiger partial charge is 0.416 e. The second kappa shape index (κ2) is 14.8. The Balaban J connectivity index is 1.16. The molecule has 6 aliphatic carbocycles. The number of furan rings is 1. The van der Waals surface area contributed by atoms with Gasteiger partial charge in [-0.25, -0.2) is 4.79 Å². The van der Waals surface area contributed by atoms with E-state index in [9.17, 15) is 28.2 Å². The molecule has 3 fully saturated rings. The monoisotopic (exact) mass is 836 g/mol. The van der Waals surface area contributed by atoms with Gasteiger partial charge in [-0.3, -0.25) is 4.79 Å². The SMILES string of the molecule is COCCCN(C[C@]1(O)CC[C@H]2[C@]34C=C[C@@]5(C=C3C(=O)c3ccc(-c6cc(C(F)(F)F)ccc6Cl)o3)CC(O)CC[C@]5(C)[C@H]4CC[C@@]21C)C(=O)Nc1ccc(OC)cc1. The van der Waals surface area contributed by atoms with Gasteiger partial charge in [-0.15, -0.1) is 0 Å². The average molecular weight is 837 g/mol. The van der Waals surface area contributed by atoms with E-state index in [0.717, 1.165) is 18.6 Å². The first-order valence-corrected chi connectivity index (χ1v) is 20.9. The maximum atomic E-state index is 15.1. The normalized spacial score (nSPS) is 33.1. The minimum Gasteiger partial charge on any atom is -0.497 e. The molecule has 6 aliphatic rings. The number of halogens is 4. The number of nitrogens with one attached hydrogen (secondary N) is 1. The van der Waals surface area contributed by atoms with Crippen molar-refractivity contribution in [1.29, 1.82) is 0 Å². The van der Waals surface area contributed by atoms with Crippen molar-refractivity contribution in [2.45, 2.75) is 83.1 Å². The molecule has 1 unspecified atom stereocenters. The third-order valence-corrected chi connectivity index (χ3v) is 15.5. The number of hydrogen-bond donors (Lipinski definition) is 3. The zero-order valence-corrected chi connectivity index (χ0v) is 34.6. The standard InChI is InChI=1S/C46H52ClF3N2O7/c1-41-17-14-30(53)25-43(41)20-21-45(33(26-43)39(54)36-13-12-35(59-36)32-24-28(46(48,49)50)6-11-34(32)47)37(41)15-18-42(2)38(45)16-19-44(42,56)27-52(22-5-23-57-3)40(55)51-29-7-9-31(58-4)10-8-29/h6-13,20-21,24,26,30,37-38,53,56H,5,14-19,22-23,25,27H2,1-4H3,(H,51,55)/t30?,37-,38-,41-,42+,43+,44-,45-/m1/s1. The van der Waals surface area contributed by atoms with Crippen LogP contribution in [0.25, 0.3) is 11.3 Å². The van der Waals surface area contributed by atoms with Gasteiger partial charge in [0.05, 0.1) is 35.9 Å². The van der Waals surface area contributed by atoms with E-state index in [2.05, 4.69) is 37.4 Å². The van der Waals surface area contributed by atoms with Crippen molar-refractivity contribution in [3.8, 4) is 17.1 Å². The first-order valence-electron chi connectivity index (χ1n) is 20.5. The number of fused-ring (bicyclic) bond motifs is 1. The number of carbonyl (C=O) groups is 2. The average Bonchev–Trinajstić information content (AvgIpc) is 3.80. The molecule has 59 heavy (non-hydrogen) atoms. The number of hydrogen-bond acceptors (Lipinski definition) is 7. The number of ketones is 1. The predicted molar refractivity (Wildman–Crippen MR) is 217 cm³/mol. The van der Waals surface area contributed by atoms with Gasteiger partial charge in [0.15, 0.2) is 5.76 Å². The maximum Gasteiger partial charge on any atom is 0.416 e. The molecule has 2 aromatic carbocycles. The molecule has 1 heterocycles. The second-order valence-electron chi connectivity index (χ2n) is 17.9. The van der Waals surface area contributed by atoms with Gasteiger partial charge < -0.3 is 34.3 Å². The van der Waals surface area contributed by atoms with E-state index in [0.29, 0.717) is 75.1 Å². The third-order valence-electron chi connectivity index (χ3n) is 15.2. The van der Waals surface area contributed by atoms with Crippen molar-refractivity contribution in [2.75, 3.05) is 39.2 Å². The van der Waals surface area contributed by atoms with Crippen LogP contribution in [0.3, 0.4) is 0 Å². The Labute approximate surface area is 347 Å². The topological polar surface area (TPSA) is 121 Å². The Bertz CT molecular complexity index is 2190. The van der Waals surface area contributed by atoms with Gasteiger partial charge >= 0.3 is 12.2 Å². The van der Waals surface area contributed by atoms with Crippen LogP contribution in [0, 0.1) is 33.5 Å². The van der Waals surface area contributed by atoms with E-state index in [1.165, 1.54) is 18.2 Å². The number of methoxy groups -OCH3 is 2. The fourth-order valence-corrected chi connectivity index (χ4v) is 12.3. The fourth-order valence-electron chi connectivity index (χ4n) is 12.1. The molecule has 8 atom stereocenters. The number of ether oxygens (including phenoxy) is 2. The summed E-state index contributed by atoms with van der Waals surface area (Å²) < 4.78 is 57.9. The molecule has 2 spiro atoms. The van der Waals surface area contributed by atoms with E-state index < -0.39 is 39.7 Å². The van der Waals surface area contributed by atoms with Crippen molar-refractivity contribution in [3.05, 3.63) is 94.7 Å². The Kier molecular flexibility index (Phi) is 10.5. The highest BCUT2D eigenvalue weighted by molar-refractivity contribution is 6.33. The van der Waals surface area contributed by atoms with Crippen molar-refractivity contribution < 1.29 is 46.9 Å². The van der Waals surface area contributed by atoms with E-state index in [4.69, 9.17) is 25.5 Å². The Morgan fingerprint density at radius 3 is 2.39 bits per heavy atom. The van der Waals surface area contributed by atoms with E-state index in [1.807, 2.05) is 0 Å². The summed E-state index contributed by atoms with van der Waals surface area (Å²) in [5.41, 5.74) is -3.55. The lowest BCUT2D eigenvalue weighted by molar-refractivity contribution is -0.174. The summed E-state index contributed by atoms with van der Waals surface area (Å²) in [7, 11) is 3.18. The Morgan fingerprint density at radius 2 is 1.68 bits per heavy atom. The van der Waals surface area contributed by atoms with Gasteiger partial charge in [-0.2, -0.15) is 13.2 Å². The molecular weight excluding hydrogens is 785 g/mol. The molecule has 316 valence electrons. The number of aliphatic hydroxyl groups is 2. The highest BCUT2D eigenvalue weighted by atomic mass is 35.5. The van der Waals surface area contributed by atoms with Gasteiger partial charge in [-0.05, 0) is 123 Å². The number of carbonyl (C=O) groups excluding carboxylic acids is 2. The number of aliphatic hydroxyl groups excluding tert-OH is 1. The van der Waals surface area contributed by atoms with Gasteiger partial charge in [-0.1, -0.05) is 43.7 Å². The first kappa shape index (κ1) is 41.6. The van der Waals surface area contributed by atoms with Crippen LogP contribution in [0.1, 0.15) is 81.3 Å². The van der Waals surface area contributed by atoms with Crippen LogP contribution < -0.4 is 10.1 Å². The van der Waals surface area contributed by atoms with Crippen molar-refractivity contribution in [3.63, 3.8) is 0 Å². The molecule has 9 rings (SSSR count).